The molecule has 0 radical (unpaired) electrons. The average molecular weight is 507 g/mol. The number of ether oxygens (including phenoxy) is 2. The Morgan fingerprint density at radius 3 is 2.32 bits per heavy atom. The van der Waals surface area contributed by atoms with Gasteiger partial charge >= 0.3 is 0 Å². The fraction of sp³-hybridized carbons (Fsp3) is 0.148. The van der Waals surface area contributed by atoms with Gasteiger partial charge in [-0.2, -0.15) is 0 Å². The molecule has 0 saturated carbocycles. The number of halogens is 2. The van der Waals surface area contributed by atoms with Gasteiger partial charge in [0.2, 0.25) is 5.91 Å². The monoisotopic (exact) mass is 506 g/mol. The number of rotatable bonds is 9. The maximum Gasteiger partial charge on any atom is 0.275 e. The van der Waals surface area contributed by atoms with Crippen molar-refractivity contribution in [1.82, 2.24) is 9.55 Å². The zero-order valence-corrected chi connectivity index (χ0v) is 20.1. The van der Waals surface area contributed by atoms with E-state index in [0.29, 0.717) is 29.8 Å². The van der Waals surface area contributed by atoms with Crippen LogP contribution in [0.2, 0.25) is 0 Å². The summed E-state index contributed by atoms with van der Waals surface area (Å²) >= 11 is 0. The molecule has 0 aliphatic carbocycles. The molecule has 8 nitrogen and oxygen atoms in total. The Balaban J connectivity index is 1.32. The maximum absolute atomic E-state index is 13.8. The van der Waals surface area contributed by atoms with Crippen LogP contribution in [-0.4, -0.2) is 35.6 Å². The molecule has 2 N–H and O–H groups in total. The number of carbonyl (C=O) groups is 2. The smallest absolute Gasteiger partial charge is 0.275 e. The molecule has 37 heavy (non-hydrogen) atoms. The van der Waals surface area contributed by atoms with Crippen molar-refractivity contribution in [2.45, 2.75) is 13.0 Å². The number of carbonyl (C=O) groups excluding carboxylic acids is 2. The summed E-state index contributed by atoms with van der Waals surface area (Å²) in [7, 11) is 3.09. The van der Waals surface area contributed by atoms with Gasteiger partial charge in [0.25, 0.3) is 5.91 Å². The molecular weight excluding hydrogens is 482 g/mol. The standard InChI is InChI=1S/C27H24F2N4O4/c1-36-24-10-5-18(11-25(24)37-2)12-26(34)31-20-7-3-17(4-8-20)14-33-15-23(30-16-33)27(35)32-22-9-6-19(28)13-21(22)29/h3-11,13,15-16H,12,14H2,1-2H3,(H,31,34)(H,32,35). The lowest BCUT2D eigenvalue weighted by molar-refractivity contribution is -0.115. The molecule has 1 aromatic heterocycles. The lowest BCUT2D eigenvalue weighted by atomic mass is 10.1. The third-order valence-corrected chi connectivity index (χ3v) is 5.46. The number of benzene rings is 3. The molecule has 0 atom stereocenters. The number of aromatic nitrogens is 2. The minimum Gasteiger partial charge on any atom is -0.493 e. The Kier molecular flexibility index (Phi) is 7.77. The van der Waals surface area contributed by atoms with Gasteiger partial charge in [-0.1, -0.05) is 18.2 Å². The molecule has 3 aromatic carbocycles. The van der Waals surface area contributed by atoms with E-state index in [1.807, 2.05) is 12.1 Å². The molecule has 0 unspecified atom stereocenters. The SMILES string of the molecule is COc1ccc(CC(=O)Nc2ccc(Cn3cnc(C(=O)Nc4ccc(F)cc4F)c3)cc2)cc1OC. The molecular formula is C27H24F2N4O4. The Morgan fingerprint density at radius 2 is 1.62 bits per heavy atom. The second-order valence-corrected chi connectivity index (χ2v) is 8.12. The Morgan fingerprint density at radius 1 is 0.892 bits per heavy atom. The average Bonchev–Trinajstić information content (AvgIpc) is 3.35. The van der Waals surface area contributed by atoms with Crippen molar-refractivity contribution < 1.29 is 27.8 Å². The predicted molar refractivity (Wildman–Crippen MR) is 134 cm³/mol. The molecule has 4 aromatic rings. The van der Waals surface area contributed by atoms with E-state index >= 15 is 0 Å². The first-order valence-corrected chi connectivity index (χ1v) is 11.2. The summed E-state index contributed by atoms with van der Waals surface area (Å²) in [5.41, 5.74) is 2.29. The molecule has 1 heterocycles. The molecule has 0 spiro atoms. The number of amides is 2. The van der Waals surface area contributed by atoms with E-state index in [4.69, 9.17) is 9.47 Å². The summed E-state index contributed by atoms with van der Waals surface area (Å²) < 4.78 is 39.0. The van der Waals surface area contributed by atoms with Crippen LogP contribution < -0.4 is 20.1 Å². The summed E-state index contributed by atoms with van der Waals surface area (Å²) in [5.74, 6) is -1.25. The van der Waals surface area contributed by atoms with Crippen LogP contribution in [-0.2, 0) is 17.8 Å². The largest absolute Gasteiger partial charge is 0.493 e. The number of nitrogens with one attached hydrogen (secondary N) is 2. The van der Waals surface area contributed by atoms with Gasteiger partial charge in [-0.15, -0.1) is 0 Å². The summed E-state index contributed by atoms with van der Waals surface area (Å²) in [6, 6.07) is 15.5. The minimum absolute atomic E-state index is 0.0859. The third kappa shape index (κ3) is 6.49. The van der Waals surface area contributed by atoms with Gasteiger partial charge in [0.15, 0.2) is 11.5 Å². The molecule has 0 saturated heterocycles. The first kappa shape index (κ1) is 25.4. The van der Waals surface area contributed by atoms with E-state index in [1.54, 1.807) is 42.0 Å². The Hall–Kier alpha value is -4.73. The summed E-state index contributed by atoms with van der Waals surface area (Å²) in [6.45, 7) is 0.422. The molecule has 0 bridgehead atoms. The highest BCUT2D eigenvalue weighted by atomic mass is 19.1. The topological polar surface area (TPSA) is 94.5 Å². The van der Waals surface area contributed by atoms with Crippen molar-refractivity contribution in [2.24, 2.45) is 0 Å². The van der Waals surface area contributed by atoms with Crippen molar-refractivity contribution in [1.29, 1.82) is 0 Å². The van der Waals surface area contributed by atoms with Gasteiger partial charge in [0.05, 0.1) is 32.7 Å². The van der Waals surface area contributed by atoms with Gasteiger partial charge in [0.1, 0.15) is 17.3 Å². The molecule has 0 aliphatic rings. The van der Waals surface area contributed by atoms with Crippen molar-refractivity contribution in [3.8, 4) is 11.5 Å². The van der Waals surface area contributed by atoms with Gasteiger partial charge < -0.3 is 24.7 Å². The van der Waals surface area contributed by atoms with Crippen LogP contribution in [0.3, 0.4) is 0 Å². The van der Waals surface area contributed by atoms with Crippen molar-refractivity contribution in [3.05, 3.63) is 102 Å². The summed E-state index contributed by atoms with van der Waals surface area (Å²) in [6.07, 6.45) is 3.17. The number of anilines is 2. The van der Waals surface area contributed by atoms with Gasteiger partial charge in [-0.3, -0.25) is 9.59 Å². The number of methoxy groups -OCH3 is 2. The highest BCUT2D eigenvalue weighted by molar-refractivity contribution is 6.02. The van der Waals surface area contributed by atoms with Crippen LogP contribution in [0.15, 0.2) is 73.2 Å². The van der Waals surface area contributed by atoms with Gasteiger partial charge in [-0.25, -0.2) is 13.8 Å². The quantitative estimate of drug-likeness (QED) is 0.344. The van der Waals surface area contributed by atoms with E-state index in [0.717, 1.165) is 23.3 Å². The van der Waals surface area contributed by atoms with Crippen LogP contribution in [0.25, 0.3) is 0 Å². The molecule has 2 amide bonds. The molecule has 0 aliphatic heterocycles. The van der Waals surface area contributed by atoms with Crippen molar-refractivity contribution in [3.63, 3.8) is 0 Å². The highest BCUT2D eigenvalue weighted by Gasteiger charge is 2.13. The number of hydrogen-bond acceptors (Lipinski definition) is 5. The number of nitrogens with zero attached hydrogens (tertiary/aromatic N) is 2. The zero-order chi connectivity index (χ0) is 26.4. The molecule has 0 fully saturated rings. The van der Waals surface area contributed by atoms with E-state index in [1.165, 1.54) is 19.6 Å². The number of hydrogen-bond donors (Lipinski definition) is 2. The molecule has 190 valence electrons. The van der Waals surface area contributed by atoms with E-state index < -0.39 is 17.5 Å². The van der Waals surface area contributed by atoms with Gasteiger partial charge in [0, 0.05) is 24.5 Å². The summed E-state index contributed by atoms with van der Waals surface area (Å²) in [4.78, 5) is 28.9. The predicted octanol–water partition coefficient (Wildman–Crippen LogP) is 4.66. The van der Waals surface area contributed by atoms with Crippen LogP contribution in [0.4, 0.5) is 20.2 Å². The lowest BCUT2D eigenvalue weighted by Gasteiger charge is -2.10. The first-order chi connectivity index (χ1) is 17.8. The fourth-order valence-electron chi connectivity index (χ4n) is 3.63. The van der Waals surface area contributed by atoms with E-state index in [-0.39, 0.29) is 23.7 Å². The van der Waals surface area contributed by atoms with Crippen molar-refractivity contribution in [2.75, 3.05) is 24.9 Å². The molecule has 4 rings (SSSR count). The number of imidazole rings is 1. The van der Waals surface area contributed by atoms with Gasteiger partial charge in [-0.05, 0) is 47.5 Å². The second-order valence-electron chi connectivity index (χ2n) is 8.12. The minimum atomic E-state index is -0.872. The second kappa shape index (κ2) is 11.3. The van der Waals surface area contributed by atoms with Crippen LogP contribution in [0.1, 0.15) is 21.6 Å². The van der Waals surface area contributed by atoms with Crippen LogP contribution in [0.5, 0.6) is 11.5 Å². The van der Waals surface area contributed by atoms with E-state index in [2.05, 4.69) is 15.6 Å². The Labute approximate surface area is 211 Å². The normalized spacial score (nSPS) is 10.6. The highest BCUT2D eigenvalue weighted by Crippen LogP contribution is 2.27. The van der Waals surface area contributed by atoms with Crippen molar-refractivity contribution >= 4 is 23.2 Å². The maximum atomic E-state index is 13.8. The Bertz CT molecular complexity index is 1420. The molecule has 10 heteroatoms. The zero-order valence-electron chi connectivity index (χ0n) is 20.1. The first-order valence-electron chi connectivity index (χ1n) is 11.2. The van der Waals surface area contributed by atoms with Crippen LogP contribution in [0, 0.1) is 11.6 Å². The van der Waals surface area contributed by atoms with E-state index in [9.17, 15) is 18.4 Å². The fourth-order valence-corrected chi connectivity index (χ4v) is 3.63. The summed E-state index contributed by atoms with van der Waals surface area (Å²) in [5, 5.41) is 5.24. The lowest BCUT2D eigenvalue weighted by Crippen LogP contribution is -2.14. The van der Waals surface area contributed by atoms with Crippen LogP contribution >= 0.6 is 0 Å². The third-order valence-electron chi connectivity index (χ3n) is 5.46.